The summed E-state index contributed by atoms with van der Waals surface area (Å²) >= 11 is 0. The zero-order chi connectivity index (χ0) is 15.5. The molecule has 0 saturated carbocycles. The first-order valence-electron chi connectivity index (χ1n) is 7.77. The van der Waals surface area contributed by atoms with Crippen LogP contribution >= 0.6 is 0 Å². The van der Waals surface area contributed by atoms with Crippen LogP contribution in [0.15, 0.2) is 53.5 Å². The van der Waals surface area contributed by atoms with Gasteiger partial charge in [0.1, 0.15) is 0 Å². The standard InChI is InChI=1S/C19H20N2O/c1-3-4-5-15-10-11-21(19(22)12-15)17-8-9-18-16(13-17)7-6-14(2)20-18/h6-13H,3-5H2,1-2H3. The molecule has 3 nitrogen and oxygen atoms in total. The summed E-state index contributed by atoms with van der Waals surface area (Å²) in [5, 5.41) is 1.05. The van der Waals surface area contributed by atoms with Gasteiger partial charge in [0.25, 0.3) is 5.56 Å². The molecule has 112 valence electrons. The number of rotatable bonds is 4. The molecule has 2 aromatic heterocycles. The lowest BCUT2D eigenvalue weighted by atomic mass is 10.1. The maximum absolute atomic E-state index is 12.3. The Bertz CT molecular complexity index is 865. The molecule has 0 aliphatic carbocycles. The number of hydrogen-bond donors (Lipinski definition) is 0. The molecule has 0 fully saturated rings. The van der Waals surface area contributed by atoms with Gasteiger partial charge in [0.2, 0.25) is 0 Å². The van der Waals surface area contributed by atoms with Crippen LogP contribution in [0.2, 0.25) is 0 Å². The van der Waals surface area contributed by atoms with Gasteiger partial charge in [-0.25, -0.2) is 0 Å². The first-order valence-corrected chi connectivity index (χ1v) is 7.77. The number of unbranched alkanes of at least 4 members (excludes halogenated alkanes) is 1. The second-order valence-corrected chi connectivity index (χ2v) is 5.68. The Morgan fingerprint density at radius 1 is 1.09 bits per heavy atom. The Hall–Kier alpha value is -2.42. The van der Waals surface area contributed by atoms with Crippen LogP contribution < -0.4 is 5.56 Å². The molecule has 0 aliphatic heterocycles. The van der Waals surface area contributed by atoms with Crippen molar-refractivity contribution in [1.29, 1.82) is 0 Å². The number of aryl methyl sites for hydroxylation is 2. The summed E-state index contributed by atoms with van der Waals surface area (Å²) in [6.45, 7) is 4.14. The van der Waals surface area contributed by atoms with Crippen molar-refractivity contribution >= 4 is 10.9 Å². The lowest BCUT2D eigenvalue weighted by molar-refractivity contribution is 0.789. The third-order valence-electron chi connectivity index (χ3n) is 3.89. The van der Waals surface area contributed by atoms with Crippen LogP contribution in [0.4, 0.5) is 0 Å². The van der Waals surface area contributed by atoms with E-state index in [1.807, 2.05) is 49.5 Å². The fourth-order valence-corrected chi connectivity index (χ4v) is 2.63. The van der Waals surface area contributed by atoms with E-state index in [1.165, 1.54) is 0 Å². The number of hydrogen-bond acceptors (Lipinski definition) is 2. The van der Waals surface area contributed by atoms with E-state index in [0.29, 0.717) is 0 Å². The van der Waals surface area contributed by atoms with E-state index in [2.05, 4.69) is 11.9 Å². The topological polar surface area (TPSA) is 34.9 Å². The number of pyridine rings is 2. The van der Waals surface area contributed by atoms with Crippen molar-refractivity contribution in [3.63, 3.8) is 0 Å². The molecule has 0 aliphatic rings. The normalized spacial score (nSPS) is 11.0. The summed E-state index contributed by atoms with van der Waals surface area (Å²) < 4.78 is 1.69. The van der Waals surface area contributed by atoms with E-state index in [9.17, 15) is 4.79 Å². The molecule has 0 saturated heterocycles. The van der Waals surface area contributed by atoms with Gasteiger partial charge in [-0.3, -0.25) is 14.3 Å². The highest BCUT2D eigenvalue weighted by Crippen LogP contribution is 2.17. The van der Waals surface area contributed by atoms with Crippen LogP contribution in [0.25, 0.3) is 16.6 Å². The van der Waals surface area contributed by atoms with Crippen molar-refractivity contribution in [2.45, 2.75) is 33.1 Å². The molecule has 22 heavy (non-hydrogen) atoms. The highest BCUT2D eigenvalue weighted by Gasteiger charge is 2.03. The molecule has 0 atom stereocenters. The molecule has 1 aromatic carbocycles. The number of benzene rings is 1. The van der Waals surface area contributed by atoms with Crippen LogP contribution in [0.3, 0.4) is 0 Å². The average Bonchev–Trinajstić information content (AvgIpc) is 2.52. The number of nitrogens with zero attached hydrogens (tertiary/aromatic N) is 2. The van der Waals surface area contributed by atoms with Crippen LogP contribution in [-0.4, -0.2) is 9.55 Å². The summed E-state index contributed by atoms with van der Waals surface area (Å²) in [6.07, 6.45) is 5.09. The first kappa shape index (κ1) is 14.5. The second-order valence-electron chi connectivity index (χ2n) is 5.68. The number of aromatic nitrogens is 2. The van der Waals surface area contributed by atoms with Gasteiger partial charge >= 0.3 is 0 Å². The molecule has 0 amide bonds. The van der Waals surface area contributed by atoms with Gasteiger partial charge < -0.3 is 0 Å². The second kappa shape index (κ2) is 6.14. The summed E-state index contributed by atoms with van der Waals surface area (Å²) in [5.41, 5.74) is 3.97. The van der Waals surface area contributed by atoms with Gasteiger partial charge in [-0.15, -0.1) is 0 Å². The van der Waals surface area contributed by atoms with E-state index in [0.717, 1.165) is 47.1 Å². The van der Waals surface area contributed by atoms with Gasteiger partial charge in [-0.1, -0.05) is 19.4 Å². The summed E-state index contributed by atoms with van der Waals surface area (Å²) in [6, 6.07) is 13.7. The maximum Gasteiger partial charge on any atom is 0.255 e. The lowest BCUT2D eigenvalue weighted by Gasteiger charge is -2.08. The van der Waals surface area contributed by atoms with Crippen LogP contribution in [0.1, 0.15) is 31.0 Å². The minimum Gasteiger partial charge on any atom is -0.284 e. The molecule has 0 unspecified atom stereocenters. The molecule has 0 radical (unpaired) electrons. The fraction of sp³-hybridized carbons (Fsp3) is 0.263. The Labute approximate surface area is 130 Å². The molecular formula is C19H20N2O. The fourth-order valence-electron chi connectivity index (χ4n) is 2.63. The Morgan fingerprint density at radius 3 is 2.73 bits per heavy atom. The summed E-state index contributed by atoms with van der Waals surface area (Å²) in [7, 11) is 0. The lowest BCUT2D eigenvalue weighted by Crippen LogP contribution is -2.17. The average molecular weight is 292 g/mol. The summed E-state index contributed by atoms with van der Waals surface area (Å²) in [5.74, 6) is 0. The third kappa shape index (κ3) is 2.93. The molecular weight excluding hydrogens is 272 g/mol. The van der Waals surface area contributed by atoms with Crippen molar-refractivity contribution in [2.75, 3.05) is 0 Å². The minimum absolute atomic E-state index is 0.0213. The van der Waals surface area contributed by atoms with E-state index < -0.39 is 0 Å². The monoisotopic (exact) mass is 292 g/mol. The van der Waals surface area contributed by atoms with Gasteiger partial charge in [0.15, 0.2) is 0 Å². The van der Waals surface area contributed by atoms with Crippen LogP contribution in [-0.2, 0) is 6.42 Å². The van der Waals surface area contributed by atoms with Crippen molar-refractivity contribution in [2.24, 2.45) is 0 Å². The SMILES string of the molecule is CCCCc1ccn(-c2ccc3nc(C)ccc3c2)c(=O)c1. The summed E-state index contributed by atoms with van der Waals surface area (Å²) in [4.78, 5) is 16.8. The Morgan fingerprint density at radius 2 is 1.95 bits per heavy atom. The Balaban J connectivity index is 2.00. The van der Waals surface area contributed by atoms with Gasteiger partial charge in [0.05, 0.1) is 5.52 Å². The molecule has 2 heterocycles. The zero-order valence-electron chi connectivity index (χ0n) is 13.0. The smallest absolute Gasteiger partial charge is 0.255 e. The van der Waals surface area contributed by atoms with Crippen LogP contribution in [0.5, 0.6) is 0 Å². The first-order chi connectivity index (χ1) is 10.7. The highest BCUT2D eigenvalue weighted by atomic mass is 16.1. The molecule has 3 heteroatoms. The van der Waals surface area contributed by atoms with E-state index >= 15 is 0 Å². The van der Waals surface area contributed by atoms with Crippen molar-refractivity contribution in [1.82, 2.24) is 9.55 Å². The van der Waals surface area contributed by atoms with E-state index in [4.69, 9.17) is 0 Å². The van der Waals surface area contributed by atoms with Crippen molar-refractivity contribution in [3.05, 3.63) is 70.3 Å². The van der Waals surface area contributed by atoms with E-state index in [1.54, 1.807) is 10.6 Å². The third-order valence-corrected chi connectivity index (χ3v) is 3.89. The molecule has 3 rings (SSSR count). The minimum atomic E-state index is 0.0213. The van der Waals surface area contributed by atoms with Crippen molar-refractivity contribution in [3.8, 4) is 5.69 Å². The van der Waals surface area contributed by atoms with Crippen molar-refractivity contribution < 1.29 is 0 Å². The van der Waals surface area contributed by atoms with Gasteiger partial charge in [-0.05, 0) is 55.7 Å². The number of fused-ring (bicyclic) bond motifs is 1. The molecule has 3 aromatic rings. The van der Waals surface area contributed by atoms with Gasteiger partial charge in [-0.2, -0.15) is 0 Å². The predicted octanol–water partition coefficient (Wildman–Crippen LogP) is 4.04. The quantitative estimate of drug-likeness (QED) is 0.727. The van der Waals surface area contributed by atoms with Gasteiger partial charge in [0, 0.05) is 29.0 Å². The van der Waals surface area contributed by atoms with Crippen LogP contribution in [0, 0.1) is 6.92 Å². The molecule has 0 N–H and O–H groups in total. The Kier molecular flexibility index (Phi) is 4.05. The molecule has 0 spiro atoms. The largest absolute Gasteiger partial charge is 0.284 e. The molecule has 0 bridgehead atoms. The maximum atomic E-state index is 12.3. The zero-order valence-corrected chi connectivity index (χ0v) is 13.0. The van der Waals surface area contributed by atoms with E-state index in [-0.39, 0.29) is 5.56 Å². The predicted molar refractivity (Wildman–Crippen MR) is 90.7 cm³/mol. The highest BCUT2D eigenvalue weighted by molar-refractivity contribution is 5.80.